The maximum atomic E-state index is 12.7. The van der Waals surface area contributed by atoms with Gasteiger partial charge in [-0.25, -0.2) is 4.79 Å². The minimum absolute atomic E-state index is 0.160. The zero-order valence-corrected chi connectivity index (χ0v) is 18.7. The molecule has 0 radical (unpaired) electrons. The molecule has 1 aliphatic heterocycles. The normalized spacial score (nSPS) is 15.9. The second-order valence-corrected chi connectivity index (χ2v) is 8.41. The van der Waals surface area contributed by atoms with Crippen LogP contribution in [0, 0.1) is 0 Å². The predicted molar refractivity (Wildman–Crippen MR) is 131 cm³/mol. The van der Waals surface area contributed by atoms with Gasteiger partial charge in [0.2, 0.25) is 0 Å². The van der Waals surface area contributed by atoms with E-state index < -0.39 is 5.60 Å². The molecule has 1 fully saturated rings. The number of carbonyl (C=O) groups excluding carboxylic acids is 2. The first kappa shape index (κ1) is 22.7. The summed E-state index contributed by atoms with van der Waals surface area (Å²) in [6.45, 7) is 2.25. The van der Waals surface area contributed by atoms with Crippen LogP contribution >= 0.6 is 0 Å². The van der Waals surface area contributed by atoms with Crippen molar-refractivity contribution < 1.29 is 14.3 Å². The first-order valence-corrected chi connectivity index (χ1v) is 11.5. The van der Waals surface area contributed by atoms with Gasteiger partial charge in [-0.2, -0.15) is 0 Å². The summed E-state index contributed by atoms with van der Waals surface area (Å²) in [6, 6.07) is 29.1. The van der Waals surface area contributed by atoms with Gasteiger partial charge in [-0.1, -0.05) is 91.0 Å². The Morgan fingerprint density at radius 1 is 0.818 bits per heavy atom. The lowest BCUT2D eigenvalue weighted by molar-refractivity contribution is -0.160. The second-order valence-electron chi connectivity index (χ2n) is 8.41. The number of hydrogen-bond donors (Lipinski definition) is 0. The summed E-state index contributed by atoms with van der Waals surface area (Å²) in [7, 11) is 0. The fraction of sp³-hybridized carbons (Fsp3) is 0.241. The van der Waals surface area contributed by atoms with Crippen molar-refractivity contribution >= 4 is 17.8 Å². The summed E-state index contributed by atoms with van der Waals surface area (Å²) in [5.74, 6) is -0.177. The highest BCUT2D eigenvalue weighted by atomic mass is 16.6. The number of esters is 1. The molecule has 0 aliphatic carbocycles. The quantitative estimate of drug-likeness (QED) is 0.264. The van der Waals surface area contributed by atoms with E-state index in [0.717, 1.165) is 29.8 Å². The number of piperidine rings is 1. The molecule has 0 bridgehead atoms. The third kappa shape index (κ3) is 6.05. The van der Waals surface area contributed by atoms with Gasteiger partial charge in [-0.05, 0) is 17.2 Å². The highest BCUT2D eigenvalue weighted by molar-refractivity contribution is 5.96. The smallest absolute Gasteiger partial charge is 0.331 e. The summed E-state index contributed by atoms with van der Waals surface area (Å²) < 4.78 is 6.11. The van der Waals surface area contributed by atoms with E-state index in [2.05, 4.69) is 4.90 Å². The molecule has 4 rings (SSSR count). The third-order valence-corrected chi connectivity index (χ3v) is 6.22. The van der Waals surface area contributed by atoms with Gasteiger partial charge in [0, 0.05) is 50.5 Å². The van der Waals surface area contributed by atoms with Crippen LogP contribution in [0.3, 0.4) is 0 Å². The van der Waals surface area contributed by atoms with Gasteiger partial charge in [0.15, 0.2) is 5.78 Å². The van der Waals surface area contributed by atoms with E-state index in [1.54, 1.807) is 6.08 Å². The molecule has 1 heterocycles. The SMILES string of the molecule is O=C(C=Cc1ccccc1)OC1(c2ccccc2)CCN(CCC(=O)c2ccccc2)CC1. The number of likely N-dealkylation sites (tertiary alicyclic amines) is 1. The van der Waals surface area contributed by atoms with E-state index in [-0.39, 0.29) is 11.8 Å². The highest BCUT2D eigenvalue weighted by Crippen LogP contribution is 2.37. The van der Waals surface area contributed by atoms with Crippen molar-refractivity contribution in [3.05, 3.63) is 114 Å². The summed E-state index contributed by atoms with van der Waals surface area (Å²) in [5, 5.41) is 0. The van der Waals surface area contributed by atoms with E-state index >= 15 is 0 Å². The summed E-state index contributed by atoms with van der Waals surface area (Å²) in [4.78, 5) is 27.5. The highest BCUT2D eigenvalue weighted by Gasteiger charge is 2.39. The van der Waals surface area contributed by atoms with Crippen molar-refractivity contribution in [1.29, 1.82) is 0 Å². The number of Topliss-reactive ketones (excluding diaryl/α,β-unsaturated/α-hetero) is 1. The molecule has 0 N–H and O–H groups in total. The van der Waals surface area contributed by atoms with Gasteiger partial charge in [0.25, 0.3) is 0 Å². The molecule has 1 saturated heterocycles. The average Bonchev–Trinajstić information content (AvgIpc) is 2.88. The molecule has 4 heteroatoms. The Labute approximate surface area is 195 Å². The van der Waals surface area contributed by atoms with Crippen LogP contribution in [-0.4, -0.2) is 36.3 Å². The van der Waals surface area contributed by atoms with Crippen LogP contribution in [0.2, 0.25) is 0 Å². The summed E-state index contributed by atoms with van der Waals surface area (Å²) in [5.41, 5.74) is 2.08. The molecule has 0 spiro atoms. The number of ether oxygens (including phenoxy) is 1. The number of hydrogen-bond acceptors (Lipinski definition) is 4. The van der Waals surface area contributed by atoms with E-state index in [9.17, 15) is 9.59 Å². The largest absolute Gasteiger partial charge is 0.451 e. The lowest BCUT2D eigenvalue weighted by Crippen LogP contribution is -2.45. The van der Waals surface area contributed by atoms with Gasteiger partial charge in [-0.3, -0.25) is 4.79 Å². The van der Waals surface area contributed by atoms with Crippen molar-refractivity contribution in [3.8, 4) is 0 Å². The fourth-order valence-electron chi connectivity index (χ4n) is 4.31. The molecule has 3 aromatic rings. The number of ketones is 1. The summed E-state index contributed by atoms with van der Waals surface area (Å²) in [6.07, 6.45) is 5.17. The lowest BCUT2D eigenvalue weighted by Gasteiger charge is -2.41. The van der Waals surface area contributed by atoms with E-state index in [4.69, 9.17) is 4.74 Å². The Bertz CT molecular complexity index is 1070. The monoisotopic (exact) mass is 439 g/mol. The van der Waals surface area contributed by atoms with E-state index in [1.165, 1.54) is 6.08 Å². The predicted octanol–water partition coefficient (Wildman–Crippen LogP) is 5.51. The summed E-state index contributed by atoms with van der Waals surface area (Å²) >= 11 is 0. The van der Waals surface area contributed by atoms with Crippen molar-refractivity contribution in [1.82, 2.24) is 4.90 Å². The molecule has 1 aliphatic rings. The van der Waals surface area contributed by atoms with Crippen LogP contribution in [0.5, 0.6) is 0 Å². The lowest BCUT2D eigenvalue weighted by atomic mass is 9.84. The Kier molecular flexibility index (Phi) is 7.48. The third-order valence-electron chi connectivity index (χ3n) is 6.22. The zero-order valence-electron chi connectivity index (χ0n) is 18.7. The average molecular weight is 440 g/mol. The molecule has 4 nitrogen and oxygen atoms in total. The molecule has 0 saturated carbocycles. The number of benzene rings is 3. The van der Waals surface area contributed by atoms with Gasteiger partial charge in [0.1, 0.15) is 5.60 Å². The zero-order chi connectivity index (χ0) is 22.9. The topological polar surface area (TPSA) is 46.6 Å². The Morgan fingerprint density at radius 3 is 2.03 bits per heavy atom. The number of nitrogens with zero attached hydrogens (tertiary/aromatic N) is 1. The molecule has 0 amide bonds. The van der Waals surface area contributed by atoms with Gasteiger partial charge < -0.3 is 9.64 Å². The number of carbonyl (C=O) groups is 2. The molecule has 0 atom stereocenters. The minimum atomic E-state index is -0.653. The van der Waals surface area contributed by atoms with Gasteiger partial charge in [0.05, 0.1) is 0 Å². The molecule has 0 aromatic heterocycles. The first-order valence-electron chi connectivity index (χ1n) is 11.5. The Morgan fingerprint density at radius 2 is 1.39 bits per heavy atom. The standard InChI is InChI=1S/C29H29NO3/c31-27(25-12-6-2-7-13-25)18-21-30-22-19-29(20-23-30,26-14-8-3-9-15-26)33-28(32)17-16-24-10-4-1-5-11-24/h1-17H,18-23H2. The van der Waals surface area contributed by atoms with Crippen LogP contribution in [-0.2, 0) is 15.1 Å². The molecular formula is C29H29NO3. The molecule has 3 aromatic carbocycles. The second kappa shape index (κ2) is 10.9. The minimum Gasteiger partial charge on any atom is -0.451 e. The maximum Gasteiger partial charge on any atom is 0.331 e. The Balaban J connectivity index is 1.39. The van der Waals surface area contributed by atoms with Crippen molar-refractivity contribution in [2.24, 2.45) is 0 Å². The van der Waals surface area contributed by atoms with Crippen LogP contribution < -0.4 is 0 Å². The van der Waals surface area contributed by atoms with Crippen molar-refractivity contribution in [3.63, 3.8) is 0 Å². The van der Waals surface area contributed by atoms with Gasteiger partial charge in [-0.15, -0.1) is 0 Å². The van der Waals surface area contributed by atoms with Crippen LogP contribution in [0.1, 0.15) is 40.7 Å². The van der Waals surface area contributed by atoms with Crippen LogP contribution in [0.4, 0.5) is 0 Å². The molecule has 0 unspecified atom stereocenters. The van der Waals surface area contributed by atoms with Crippen molar-refractivity contribution in [2.75, 3.05) is 19.6 Å². The molecule has 168 valence electrons. The first-order chi connectivity index (χ1) is 16.1. The number of rotatable bonds is 8. The Hall–Kier alpha value is -3.50. The van der Waals surface area contributed by atoms with E-state index in [1.807, 2.05) is 91.0 Å². The van der Waals surface area contributed by atoms with Gasteiger partial charge >= 0.3 is 5.97 Å². The molecule has 33 heavy (non-hydrogen) atoms. The van der Waals surface area contributed by atoms with Crippen molar-refractivity contribution in [2.45, 2.75) is 24.9 Å². The van der Waals surface area contributed by atoms with E-state index in [0.29, 0.717) is 25.8 Å². The fourth-order valence-corrected chi connectivity index (χ4v) is 4.31. The van der Waals surface area contributed by atoms with Crippen LogP contribution in [0.25, 0.3) is 6.08 Å². The molecular weight excluding hydrogens is 410 g/mol. The van der Waals surface area contributed by atoms with Crippen LogP contribution in [0.15, 0.2) is 97.1 Å². The maximum absolute atomic E-state index is 12.7.